The van der Waals surface area contributed by atoms with Crippen LogP contribution < -0.4 is 10.6 Å². The van der Waals surface area contributed by atoms with E-state index in [1.807, 2.05) is 13.1 Å². The number of amides is 1. The predicted octanol–water partition coefficient (Wildman–Crippen LogP) is 2.34. The third-order valence-electron chi connectivity index (χ3n) is 1.67. The molecule has 14 heavy (non-hydrogen) atoms. The number of carbonyl (C=O) groups excluding carboxylic acids is 1. The van der Waals surface area contributed by atoms with E-state index in [9.17, 15) is 4.79 Å². The normalized spacial score (nSPS) is 10.1. The van der Waals surface area contributed by atoms with Crippen LogP contribution in [0.15, 0.2) is 12.1 Å². The van der Waals surface area contributed by atoms with Gasteiger partial charge in [0.25, 0.3) is 0 Å². The first-order valence-corrected chi connectivity index (χ1v) is 5.61. The molecule has 0 bridgehead atoms. The topological polar surface area (TPSA) is 41.1 Å². The van der Waals surface area contributed by atoms with Crippen molar-refractivity contribution in [3.63, 3.8) is 0 Å². The van der Waals surface area contributed by atoms with Crippen LogP contribution in [-0.4, -0.2) is 19.5 Å². The van der Waals surface area contributed by atoms with Crippen LogP contribution in [0.4, 0.5) is 5.00 Å². The van der Waals surface area contributed by atoms with Crippen molar-refractivity contribution in [1.29, 1.82) is 0 Å². The minimum atomic E-state index is 0.0405. The summed E-state index contributed by atoms with van der Waals surface area (Å²) in [6, 6.07) is 3.58. The third kappa shape index (κ3) is 4.09. The SMILES string of the molecule is CNCCCC(=O)Nc1ccc(Cl)s1. The van der Waals surface area contributed by atoms with E-state index in [-0.39, 0.29) is 5.91 Å². The van der Waals surface area contributed by atoms with Crippen molar-refractivity contribution in [2.45, 2.75) is 12.8 Å². The molecule has 0 spiro atoms. The molecule has 0 saturated heterocycles. The maximum atomic E-state index is 11.3. The van der Waals surface area contributed by atoms with E-state index < -0.39 is 0 Å². The number of rotatable bonds is 5. The maximum Gasteiger partial charge on any atom is 0.225 e. The molecule has 0 aliphatic rings. The van der Waals surface area contributed by atoms with Crippen molar-refractivity contribution in [3.05, 3.63) is 16.5 Å². The molecule has 78 valence electrons. The number of halogens is 1. The molecule has 1 aromatic heterocycles. The second-order valence-electron chi connectivity index (χ2n) is 2.86. The number of carbonyl (C=O) groups is 1. The monoisotopic (exact) mass is 232 g/mol. The number of anilines is 1. The van der Waals surface area contributed by atoms with E-state index in [0.717, 1.165) is 18.0 Å². The summed E-state index contributed by atoms with van der Waals surface area (Å²) in [5.74, 6) is 0.0405. The Bertz CT molecular complexity index is 301. The Balaban J connectivity index is 2.27. The van der Waals surface area contributed by atoms with Gasteiger partial charge >= 0.3 is 0 Å². The highest BCUT2D eigenvalue weighted by Gasteiger charge is 2.03. The molecule has 0 unspecified atom stereocenters. The molecule has 1 heterocycles. The van der Waals surface area contributed by atoms with Gasteiger partial charge in [-0.3, -0.25) is 4.79 Å². The van der Waals surface area contributed by atoms with Crippen molar-refractivity contribution < 1.29 is 4.79 Å². The summed E-state index contributed by atoms with van der Waals surface area (Å²) >= 11 is 7.10. The Kier molecular flexibility index (Phi) is 4.93. The smallest absolute Gasteiger partial charge is 0.225 e. The van der Waals surface area contributed by atoms with Crippen molar-refractivity contribution >= 4 is 33.8 Å². The van der Waals surface area contributed by atoms with Crippen LogP contribution >= 0.6 is 22.9 Å². The van der Waals surface area contributed by atoms with Crippen molar-refractivity contribution in [2.24, 2.45) is 0 Å². The fourth-order valence-corrected chi connectivity index (χ4v) is 1.97. The molecule has 0 atom stereocenters. The molecule has 0 aliphatic carbocycles. The lowest BCUT2D eigenvalue weighted by molar-refractivity contribution is -0.116. The fourth-order valence-electron chi connectivity index (χ4n) is 1.01. The lowest BCUT2D eigenvalue weighted by atomic mass is 10.3. The fraction of sp³-hybridized carbons (Fsp3) is 0.444. The second-order valence-corrected chi connectivity index (χ2v) is 4.57. The Labute approximate surface area is 92.5 Å². The Hall–Kier alpha value is -0.580. The summed E-state index contributed by atoms with van der Waals surface area (Å²) in [5, 5.41) is 6.59. The number of thiophene rings is 1. The quantitative estimate of drug-likeness (QED) is 0.766. The van der Waals surface area contributed by atoms with Gasteiger partial charge in [0, 0.05) is 6.42 Å². The van der Waals surface area contributed by atoms with E-state index in [0.29, 0.717) is 10.8 Å². The lowest BCUT2D eigenvalue weighted by Crippen LogP contribution is -2.14. The number of hydrogen-bond acceptors (Lipinski definition) is 3. The lowest BCUT2D eigenvalue weighted by Gasteiger charge is -2.01. The highest BCUT2D eigenvalue weighted by atomic mass is 35.5. The number of nitrogens with one attached hydrogen (secondary N) is 2. The van der Waals surface area contributed by atoms with Gasteiger partial charge in [0.2, 0.25) is 5.91 Å². The van der Waals surface area contributed by atoms with Gasteiger partial charge in [0.05, 0.1) is 9.34 Å². The van der Waals surface area contributed by atoms with Gasteiger partial charge in [-0.25, -0.2) is 0 Å². The highest BCUT2D eigenvalue weighted by molar-refractivity contribution is 7.20. The minimum absolute atomic E-state index is 0.0405. The van der Waals surface area contributed by atoms with Gasteiger partial charge in [-0.15, -0.1) is 11.3 Å². The summed E-state index contributed by atoms with van der Waals surface area (Å²) in [5.41, 5.74) is 0. The van der Waals surface area contributed by atoms with E-state index >= 15 is 0 Å². The predicted molar refractivity (Wildman–Crippen MR) is 61.1 cm³/mol. The van der Waals surface area contributed by atoms with Gasteiger partial charge < -0.3 is 10.6 Å². The van der Waals surface area contributed by atoms with E-state index in [1.54, 1.807) is 6.07 Å². The van der Waals surface area contributed by atoms with Crippen LogP contribution in [0, 0.1) is 0 Å². The number of hydrogen-bond donors (Lipinski definition) is 2. The molecule has 5 heteroatoms. The largest absolute Gasteiger partial charge is 0.320 e. The second kappa shape index (κ2) is 6.01. The molecule has 2 N–H and O–H groups in total. The van der Waals surface area contributed by atoms with Crippen molar-refractivity contribution in [3.8, 4) is 0 Å². The summed E-state index contributed by atoms with van der Waals surface area (Å²) in [4.78, 5) is 11.3. The van der Waals surface area contributed by atoms with E-state index in [1.165, 1.54) is 11.3 Å². The molecule has 1 amide bonds. The standard InChI is InChI=1S/C9H13ClN2OS/c1-11-6-2-3-8(13)12-9-5-4-7(10)14-9/h4-5,11H,2-3,6H2,1H3,(H,12,13). The molecule has 1 aromatic rings. The maximum absolute atomic E-state index is 11.3. The summed E-state index contributed by atoms with van der Waals surface area (Å²) in [7, 11) is 1.87. The Morgan fingerprint density at radius 2 is 2.36 bits per heavy atom. The average molecular weight is 233 g/mol. The first-order chi connectivity index (χ1) is 6.72. The molecule has 1 rings (SSSR count). The molecule has 0 fully saturated rings. The van der Waals surface area contributed by atoms with Gasteiger partial charge in [-0.2, -0.15) is 0 Å². The molecule has 3 nitrogen and oxygen atoms in total. The highest BCUT2D eigenvalue weighted by Crippen LogP contribution is 2.25. The molecule has 0 aromatic carbocycles. The van der Waals surface area contributed by atoms with E-state index in [4.69, 9.17) is 11.6 Å². The van der Waals surface area contributed by atoms with Crippen LogP contribution in [0.5, 0.6) is 0 Å². The summed E-state index contributed by atoms with van der Waals surface area (Å²) in [6.07, 6.45) is 1.39. The Morgan fingerprint density at radius 3 is 2.93 bits per heavy atom. The minimum Gasteiger partial charge on any atom is -0.320 e. The van der Waals surface area contributed by atoms with Crippen LogP contribution in [-0.2, 0) is 4.79 Å². The zero-order valence-corrected chi connectivity index (χ0v) is 9.54. The first-order valence-electron chi connectivity index (χ1n) is 4.42. The Morgan fingerprint density at radius 1 is 1.57 bits per heavy atom. The summed E-state index contributed by atoms with van der Waals surface area (Å²) in [6.45, 7) is 0.860. The van der Waals surface area contributed by atoms with Gasteiger partial charge in [-0.05, 0) is 32.1 Å². The zero-order valence-electron chi connectivity index (χ0n) is 7.97. The van der Waals surface area contributed by atoms with Crippen molar-refractivity contribution in [2.75, 3.05) is 18.9 Å². The summed E-state index contributed by atoms with van der Waals surface area (Å²) < 4.78 is 0.690. The van der Waals surface area contributed by atoms with E-state index in [2.05, 4.69) is 10.6 Å². The molecule has 0 aliphatic heterocycles. The molecular weight excluding hydrogens is 220 g/mol. The molecule has 0 radical (unpaired) electrons. The zero-order chi connectivity index (χ0) is 10.4. The van der Waals surface area contributed by atoms with Gasteiger partial charge in [0.15, 0.2) is 0 Å². The van der Waals surface area contributed by atoms with Gasteiger partial charge in [-0.1, -0.05) is 11.6 Å². The van der Waals surface area contributed by atoms with Crippen LogP contribution in [0.1, 0.15) is 12.8 Å². The van der Waals surface area contributed by atoms with Crippen LogP contribution in [0.2, 0.25) is 4.34 Å². The van der Waals surface area contributed by atoms with Crippen LogP contribution in [0.3, 0.4) is 0 Å². The van der Waals surface area contributed by atoms with Crippen LogP contribution in [0.25, 0.3) is 0 Å². The van der Waals surface area contributed by atoms with Crippen molar-refractivity contribution in [1.82, 2.24) is 5.32 Å². The third-order valence-corrected chi connectivity index (χ3v) is 2.81. The molecular formula is C9H13ClN2OS. The average Bonchev–Trinajstić information content (AvgIpc) is 2.52. The first kappa shape index (κ1) is 11.5. The molecule has 0 saturated carbocycles. The van der Waals surface area contributed by atoms with Gasteiger partial charge in [0.1, 0.15) is 0 Å².